The molecule has 1 N–H and O–H groups in total. The fourth-order valence-corrected chi connectivity index (χ4v) is 2.40. The zero-order chi connectivity index (χ0) is 14.5. The highest BCUT2D eigenvalue weighted by Crippen LogP contribution is 2.24. The number of anilines is 1. The Balaban J connectivity index is 2.11. The van der Waals surface area contributed by atoms with Gasteiger partial charge in [-0.1, -0.05) is 12.1 Å². The van der Waals surface area contributed by atoms with Gasteiger partial charge >= 0.3 is 0 Å². The zero-order valence-electron chi connectivity index (χ0n) is 10.3. The predicted octanol–water partition coefficient (Wildman–Crippen LogP) is 3.68. The first-order chi connectivity index (χ1) is 9.60. The fraction of sp³-hybridized carbons (Fsp3) is 0.0714. The molecule has 0 aliphatic heterocycles. The summed E-state index contributed by atoms with van der Waals surface area (Å²) in [5, 5.41) is 22.7. The van der Waals surface area contributed by atoms with Crippen LogP contribution in [-0.2, 0) is 6.54 Å². The molecule has 0 heterocycles. The highest BCUT2D eigenvalue weighted by molar-refractivity contribution is 14.1. The molecule has 2 rings (SSSR count). The van der Waals surface area contributed by atoms with Gasteiger partial charge in [0.15, 0.2) is 0 Å². The Labute approximate surface area is 129 Å². The second-order valence-corrected chi connectivity index (χ2v) is 5.25. The van der Waals surface area contributed by atoms with Crippen molar-refractivity contribution in [3.05, 3.63) is 67.3 Å². The first kappa shape index (κ1) is 14.3. The minimum Gasteiger partial charge on any atom is -0.380 e. The Kier molecular flexibility index (Phi) is 4.53. The number of nitrogens with one attached hydrogen (secondary N) is 1. The summed E-state index contributed by atoms with van der Waals surface area (Å²) in [5.74, 6) is 0. The Morgan fingerprint density at radius 2 is 2.10 bits per heavy atom. The maximum Gasteiger partial charge on any atom is 0.270 e. The number of rotatable bonds is 4. The number of nitro benzene ring substituents is 1. The number of hydrogen-bond acceptors (Lipinski definition) is 4. The number of hydrogen-bond donors (Lipinski definition) is 1. The lowest BCUT2D eigenvalue weighted by molar-refractivity contribution is -0.384. The lowest BCUT2D eigenvalue weighted by Crippen LogP contribution is -2.01. The van der Waals surface area contributed by atoms with Crippen molar-refractivity contribution in [2.45, 2.75) is 6.54 Å². The average Bonchev–Trinajstić information content (AvgIpc) is 2.46. The third-order valence-corrected chi connectivity index (χ3v) is 3.60. The van der Waals surface area contributed by atoms with Gasteiger partial charge in [0, 0.05) is 27.9 Å². The predicted molar refractivity (Wildman–Crippen MR) is 84.3 cm³/mol. The van der Waals surface area contributed by atoms with Gasteiger partial charge < -0.3 is 5.32 Å². The van der Waals surface area contributed by atoms with Gasteiger partial charge in [-0.3, -0.25) is 10.1 Å². The van der Waals surface area contributed by atoms with E-state index in [1.807, 2.05) is 18.2 Å². The number of non-ortho nitro benzene ring substituents is 1. The SMILES string of the molecule is N#Cc1cccc(CNc2ccc([N+](=O)[O-])cc2I)c1. The van der Waals surface area contributed by atoms with E-state index in [9.17, 15) is 10.1 Å². The second-order valence-electron chi connectivity index (χ2n) is 4.09. The van der Waals surface area contributed by atoms with Gasteiger partial charge in [0.05, 0.1) is 16.6 Å². The van der Waals surface area contributed by atoms with Crippen LogP contribution in [0.3, 0.4) is 0 Å². The van der Waals surface area contributed by atoms with Crippen molar-refractivity contribution in [3.8, 4) is 6.07 Å². The molecule has 0 unspecified atom stereocenters. The van der Waals surface area contributed by atoms with E-state index in [1.165, 1.54) is 12.1 Å². The largest absolute Gasteiger partial charge is 0.380 e. The van der Waals surface area contributed by atoms with Crippen LogP contribution in [0.1, 0.15) is 11.1 Å². The molecule has 100 valence electrons. The van der Waals surface area contributed by atoms with Crippen LogP contribution in [0.5, 0.6) is 0 Å². The molecule has 2 aromatic carbocycles. The van der Waals surface area contributed by atoms with E-state index in [-0.39, 0.29) is 5.69 Å². The van der Waals surface area contributed by atoms with Crippen molar-refractivity contribution in [2.75, 3.05) is 5.32 Å². The van der Waals surface area contributed by atoms with E-state index in [0.717, 1.165) is 14.8 Å². The number of nitriles is 1. The number of halogens is 1. The molecule has 0 amide bonds. The summed E-state index contributed by atoms with van der Waals surface area (Å²) < 4.78 is 0.785. The molecule has 0 bridgehead atoms. The quantitative estimate of drug-likeness (QED) is 0.499. The molecule has 0 aliphatic rings. The first-order valence-electron chi connectivity index (χ1n) is 5.77. The molecule has 0 atom stereocenters. The maximum absolute atomic E-state index is 10.7. The van der Waals surface area contributed by atoms with Gasteiger partial charge in [-0.25, -0.2) is 0 Å². The third kappa shape index (κ3) is 3.45. The molecule has 0 aromatic heterocycles. The summed E-state index contributed by atoms with van der Waals surface area (Å²) in [5.41, 5.74) is 2.51. The molecule has 6 heteroatoms. The summed E-state index contributed by atoms with van der Waals surface area (Å²) in [6.07, 6.45) is 0. The second kappa shape index (κ2) is 6.34. The molecule has 0 fully saturated rings. The Morgan fingerprint density at radius 3 is 2.75 bits per heavy atom. The van der Waals surface area contributed by atoms with E-state index >= 15 is 0 Å². The molecule has 5 nitrogen and oxygen atoms in total. The van der Waals surface area contributed by atoms with E-state index in [1.54, 1.807) is 12.1 Å². The molecular weight excluding hydrogens is 369 g/mol. The van der Waals surface area contributed by atoms with Gasteiger partial charge in [0.1, 0.15) is 0 Å². The number of nitrogens with zero attached hydrogens (tertiary/aromatic N) is 2. The van der Waals surface area contributed by atoms with Crippen LogP contribution in [0.25, 0.3) is 0 Å². The maximum atomic E-state index is 10.7. The Morgan fingerprint density at radius 1 is 1.30 bits per heavy atom. The summed E-state index contributed by atoms with van der Waals surface area (Å²) in [7, 11) is 0. The minimum atomic E-state index is -0.414. The number of nitro groups is 1. The molecule has 0 saturated carbocycles. The van der Waals surface area contributed by atoms with Crippen molar-refractivity contribution >= 4 is 34.0 Å². The van der Waals surface area contributed by atoms with E-state index in [0.29, 0.717) is 12.1 Å². The smallest absolute Gasteiger partial charge is 0.270 e. The minimum absolute atomic E-state index is 0.0754. The standard InChI is InChI=1S/C14H10IN3O2/c15-13-7-12(18(19)20)4-5-14(13)17-9-11-3-1-2-10(6-11)8-16/h1-7,17H,9H2. The Bertz CT molecular complexity index is 695. The summed E-state index contributed by atoms with van der Waals surface area (Å²) in [6, 6.07) is 14.1. The summed E-state index contributed by atoms with van der Waals surface area (Å²) >= 11 is 2.06. The topological polar surface area (TPSA) is 79.0 Å². The van der Waals surface area contributed by atoms with Crippen LogP contribution in [0.15, 0.2) is 42.5 Å². The van der Waals surface area contributed by atoms with E-state index < -0.39 is 4.92 Å². The van der Waals surface area contributed by atoms with Crippen LogP contribution < -0.4 is 5.32 Å². The normalized spacial score (nSPS) is 9.80. The number of benzene rings is 2. The van der Waals surface area contributed by atoms with Gasteiger partial charge in [0.2, 0.25) is 0 Å². The van der Waals surface area contributed by atoms with Gasteiger partial charge in [-0.15, -0.1) is 0 Å². The lowest BCUT2D eigenvalue weighted by Gasteiger charge is -2.08. The van der Waals surface area contributed by atoms with Crippen molar-refractivity contribution in [1.29, 1.82) is 5.26 Å². The zero-order valence-corrected chi connectivity index (χ0v) is 12.5. The van der Waals surface area contributed by atoms with E-state index in [2.05, 4.69) is 34.0 Å². The van der Waals surface area contributed by atoms with Crippen LogP contribution >= 0.6 is 22.6 Å². The van der Waals surface area contributed by atoms with Crippen LogP contribution in [-0.4, -0.2) is 4.92 Å². The highest BCUT2D eigenvalue weighted by atomic mass is 127. The third-order valence-electron chi connectivity index (χ3n) is 2.70. The van der Waals surface area contributed by atoms with Crippen LogP contribution in [0.4, 0.5) is 11.4 Å². The van der Waals surface area contributed by atoms with Crippen molar-refractivity contribution in [2.24, 2.45) is 0 Å². The monoisotopic (exact) mass is 379 g/mol. The van der Waals surface area contributed by atoms with Gasteiger partial charge in [-0.05, 0) is 46.4 Å². The molecule has 0 radical (unpaired) electrons. The Hall–Kier alpha value is -2.14. The molecular formula is C14H10IN3O2. The molecule has 20 heavy (non-hydrogen) atoms. The molecule has 0 saturated heterocycles. The van der Waals surface area contributed by atoms with Crippen LogP contribution in [0, 0.1) is 25.0 Å². The van der Waals surface area contributed by atoms with Gasteiger partial charge in [0.25, 0.3) is 5.69 Å². The van der Waals surface area contributed by atoms with Crippen LogP contribution in [0.2, 0.25) is 0 Å². The molecule has 0 spiro atoms. The lowest BCUT2D eigenvalue weighted by atomic mass is 10.1. The molecule has 2 aromatic rings. The molecule has 0 aliphatic carbocycles. The summed E-state index contributed by atoms with van der Waals surface area (Å²) in [4.78, 5) is 10.3. The van der Waals surface area contributed by atoms with Crippen molar-refractivity contribution < 1.29 is 4.92 Å². The fourth-order valence-electron chi connectivity index (χ4n) is 1.71. The average molecular weight is 379 g/mol. The van der Waals surface area contributed by atoms with Gasteiger partial charge in [-0.2, -0.15) is 5.26 Å². The summed E-state index contributed by atoms with van der Waals surface area (Å²) in [6.45, 7) is 0.559. The van der Waals surface area contributed by atoms with Crippen molar-refractivity contribution in [1.82, 2.24) is 0 Å². The van der Waals surface area contributed by atoms with Crippen molar-refractivity contribution in [3.63, 3.8) is 0 Å². The first-order valence-corrected chi connectivity index (χ1v) is 6.85. The highest BCUT2D eigenvalue weighted by Gasteiger charge is 2.08. The van der Waals surface area contributed by atoms with E-state index in [4.69, 9.17) is 5.26 Å².